The number of para-hydroxylation sites is 1. The highest BCUT2D eigenvalue weighted by atomic mass is 32.1. The van der Waals surface area contributed by atoms with Gasteiger partial charge >= 0.3 is 6.18 Å². The fourth-order valence-electron chi connectivity index (χ4n) is 2.28. The number of carbonyl (C=O) groups excluding carboxylic acids is 1. The van der Waals surface area contributed by atoms with Crippen LogP contribution in [0.2, 0.25) is 0 Å². The third-order valence-electron chi connectivity index (χ3n) is 3.63. The molecule has 11 heteroatoms. The predicted octanol–water partition coefficient (Wildman–Crippen LogP) is 2.40. The van der Waals surface area contributed by atoms with E-state index in [1.165, 1.54) is 12.1 Å². The number of thiazole rings is 1. The van der Waals surface area contributed by atoms with E-state index in [9.17, 15) is 23.1 Å². The van der Waals surface area contributed by atoms with E-state index in [2.05, 4.69) is 25.9 Å². The third kappa shape index (κ3) is 7.26. The molecule has 158 valence electrons. The van der Waals surface area contributed by atoms with Crippen molar-refractivity contribution in [1.29, 1.82) is 0 Å². The number of hydrogen-bond donors (Lipinski definition) is 4. The van der Waals surface area contributed by atoms with Gasteiger partial charge in [-0.15, -0.1) is 11.3 Å². The van der Waals surface area contributed by atoms with Crippen molar-refractivity contribution in [1.82, 2.24) is 20.9 Å². The highest BCUT2D eigenvalue weighted by Crippen LogP contribution is 2.30. The van der Waals surface area contributed by atoms with Crippen LogP contribution >= 0.6 is 11.3 Å². The molecule has 0 bridgehead atoms. The first kappa shape index (κ1) is 22.5. The number of nitrogens with zero attached hydrogens (tertiary/aromatic N) is 2. The molecule has 0 atom stereocenters. The van der Waals surface area contributed by atoms with Gasteiger partial charge in [0.05, 0.1) is 10.6 Å². The molecular weight excluding hydrogens is 407 g/mol. The summed E-state index contributed by atoms with van der Waals surface area (Å²) >= 11 is 0.956. The van der Waals surface area contributed by atoms with Crippen LogP contribution < -0.4 is 16.0 Å². The number of halogens is 3. The molecule has 29 heavy (non-hydrogen) atoms. The average molecular weight is 429 g/mol. The molecule has 4 N–H and O–H groups in total. The zero-order chi connectivity index (χ0) is 21.3. The van der Waals surface area contributed by atoms with E-state index in [-0.39, 0.29) is 17.9 Å². The van der Waals surface area contributed by atoms with E-state index in [4.69, 9.17) is 0 Å². The van der Waals surface area contributed by atoms with Crippen LogP contribution in [-0.2, 0) is 12.6 Å². The maximum absolute atomic E-state index is 12.6. The number of phenols is 1. The van der Waals surface area contributed by atoms with E-state index in [0.717, 1.165) is 16.7 Å². The van der Waals surface area contributed by atoms with Crippen LogP contribution in [0.1, 0.15) is 28.0 Å². The number of rotatable bonds is 8. The molecule has 0 aliphatic rings. The Morgan fingerprint density at radius 3 is 2.59 bits per heavy atom. The van der Waals surface area contributed by atoms with Crippen molar-refractivity contribution in [2.24, 2.45) is 4.99 Å². The van der Waals surface area contributed by atoms with Gasteiger partial charge in [0.2, 0.25) is 0 Å². The van der Waals surface area contributed by atoms with Crippen LogP contribution in [0.3, 0.4) is 0 Å². The molecule has 0 unspecified atom stereocenters. The number of aromatic nitrogens is 1. The number of alkyl halides is 3. The molecule has 7 nitrogen and oxygen atoms in total. The van der Waals surface area contributed by atoms with Gasteiger partial charge in [0.1, 0.15) is 5.75 Å². The summed E-state index contributed by atoms with van der Waals surface area (Å²) in [5.41, 5.74) is -0.693. The van der Waals surface area contributed by atoms with Crippen LogP contribution in [0.5, 0.6) is 5.75 Å². The van der Waals surface area contributed by atoms with E-state index < -0.39 is 17.8 Å². The Kier molecular flexibility index (Phi) is 8.25. The molecule has 2 rings (SSSR count). The minimum Gasteiger partial charge on any atom is -0.507 e. The maximum atomic E-state index is 12.6. The number of amides is 1. The molecule has 0 saturated carbocycles. The van der Waals surface area contributed by atoms with E-state index in [0.29, 0.717) is 37.0 Å². The van der Waals surface area contributed by atoms with E-state index >= 15 is 0 Å². The summed E-state index contributed by atoms with van der Waals surface area (Å²) in [5.74, 6) is -0.00304. The number of benzene rings is 1. The van der Waals surface area contributed by atoms with Gasteiger partial charge in [0, 0.05) is 38.0 Å². The molecular formula is C18H22F3N5O2S. The van der Waals surface area contributed by atoms with Crippen LogP contribution in [-0.4, -0.2) is 48.1 Å². The molecule has 0 radical (unpaired) electrons. The van der Waals surface area contributed by atoms with E-state index in [1.807, 2.05) is 6.92 Å². The normalized spacial score (nSPS) is 11.9. The first-order valence-electron chi connectivity index (χ1n) is 8.91. The summed E-state index contributed by atoms with van der Waals surface area (Å²) in [4.78, 5) is 19.9. The van der Waals surface area contributed by atoms with Crippen LogP contribution in [0.25, 0.3) is 0 Å². The maximum Gasteiger partial charge on any atom is 0.434 e. The average Bonchev–Trinajstić information content (AvgIpc) is 3.15. The molecule has 1 heterocycles. The summed E-state index contributed by atoms with van der Waals surface area (Å²) in [6, 6.07) is 6.24. The van der Waals surface area contributed by atoms with Crippen LogP contribution in [0, 0.1) is 0 Å². The minimum atomic E-state index is -4.44. The highest BCUT2D eigenvalue weighted by molar-refractivity contribution is 7.09. The fourth-order valence-corrected chi connectivity index (χ4v) is 3.07. The number of phenolic OH excluding ortho intramolecular Hbond substituents is 1. The number of aromatic hydroxyl groups is 1. The Labute approximate surface area is 170 Å². The number of guanidine groups is 1. The van der Waals surface area contributed by atoms with Crippen LogP contribution in [0.15, 0.2) is 34.6 Å². The highest BCUT2D eigenvalue weighted by Gasteiger charge is 2.33. The van der Waals surface area contributed by atoms with Gasteiger partial charge in [-0.25, -0.2) is 4.98 Å². The topological polar surface area (TPSA) is 98.6 Å². The standard InChI is InChI=1S/C18H22F3N5O2S/c1-2-22-17(24-8-7-15-26-14(11-29-15)18(19,20)21)25-10-9-23-16(28)12-5-3-4-6-13(12)27/h3-6,11,27H,2,7-10H2,1H3,(H,23,28)(H2,22,24,25). The number of aliphatic imine (C=N–C) groups is 1. The van der Waals surface area contributed by atoms with Crippen molar-refractivity contribution in [3.63, 3.8) is 0 Å². The van der Waals surface area contributed by atoms with Crippen molar-refractivity contribution in [3.8, 4) is 5.75 Å². The second kappa shape index (κ2) is 10.6. The van der Waals surface area contributed by atoms with Gasteiger partial charge in [-0.05, 0) is 19.1 Å². The monoisotopic (exact) mass is 429 g/mol. The van der Waals surface area contributed by atoms with E-state index in [1.54, 1.807) is 12.1 Å². The van der Waals surface area contributed by atoms with Crippen molar-refractivity contribution >= 4 is 23.2 Å². The van der Waals surface area contributed by atoms with Crippen molar-refractivity contribution < 1.29 is 23.1 Å². The predicted molar refractivity (Wildman–Crippen MR) is 105 cm³/mol. The zero-order valence-electron chi connectivity index (χ0n) is 15.7. The molecule has 0 fully saturated rings. The Balaban J connectivity index is 1.78. The number of nitrogens with one attached hydrogen (secondary N) is 3. The lowest BCUT2D eigenvalue weighted by Gasteiger charge is -2.12. The summed E-state index contributed by atoms with van der Waals surface area (Å²) in [7, 11) is 0. The molecule has 1 aromatic carbocycles. The van der Waals surface area contributed by atoms with Crippen molar-refractivity contribution in [3.05, 3.63) is 45.9 Å². The van der Waals surface area contributed by atoms with Gasteiger partial charge in [0.25, 0.3) is 5.91 Å². The quantitative estimate of drug-likeness (QED) is 0.293. The van der Waals surface area contributed by atoms with Gasteiger partial charge in [0.15, 0.2) is 11.7 Å². The molecule has 1 amide bonds. The lowest BCUT2D eigenvalue weighted by atomic mass is 10.2. The lowest BCUT2D eigenvalue weighted by molar-refractivity contribution is -0.140. The second-order valence-corrected chi connectivity index (χ2v) is 6.78. The summed E-state index contributed by atoms with van der Waals surface area (Å²) in [6.07, 6.45) is -4.14. The van der Waals surface area contributed by atoms with Gasteiger partial charge in [-0.1, -0.05) is 12.1 Å². The SMILES string of the molecule is CCNC(=NCCc1nc(C(F)(F)F)cs1)NCCNC(=O)c1ccccc1O. The third-order valence-corrected chi connectivity index (χ3v) is 4.54. The first-order chi connectivity index (χ1) is 13.8. The van der Waals surface area contributed by atoms with Crippen LogP contribution in [0.4, 0.5) is 13.2 Å². The zero-order valence-corrected chi connectivity index (χ0v) is 16.5. The summed E-state index contributed by atoms with van der Waals surface area (Å²) in [6.45, 7) is 3.42. The van der Waals surface area contributed by atoms with Gasteiger partial charge in [-0.2, -0.15) is 13.2 Å². The number of carbonyl (C=O) groups is 1. The van der Waals surface area contributed by atoms with Gasteiger partial charge in [-0.3, -0.25) is 9.79 Å². The smallest absolute Gasteiger partial charge is 0.434 e. The number of hydrogen-bond acceptors (Lipinski definition) is 5. The molecule has 0 aliphatic carbocycles. The van der Waals surface area contributed by atoms with Gasteiger partial charge < -0.3 is 21.1 Å². The molecule has 0 saturated heterocycles. The Hall–Kier alpha value is -2.82. The summed E-state index contributed by atoms with van der Waals surface area (Å²) in [5, 5.41) is 19.7. The second-order valence-electron chi connectivity index (χ2n) is 5.83. The van der Waals surface area contributed by atoms with Crippen molar-refractivity contribution in [2.75, 3.05) is 26.2 Å². The van der Waals surface area contributed by atoms with Crippen molar-refractivity contribution in [2.45, 2.75) is 19.5 Å². The largest absolute Gasteiger partial charge is 0.507 e. The molecule has 1 aromatic heterocycles. The Morgan fingerprint density at radius 2 is 1.93 bits per heavy atom. The Morgan fingerprint density at radius 1 is 1.21 bits per heavy atom. The Bertz CT molecular complexity index is 839. The lowest BCUT2D eigenvalue weighted by Crippen LogP contribution is -2.41. The molecule has 0 aliphatic heterocycles. The molecule has 0 spiro atoms. The summed E-state index contributed by atoms with van der Waals surface area (Å²) < 4.78 is 37.7. The fraction of sp³-hybridized carbons (Fsp3) is 0.389. The minimum absolute atomic E-state index is 0.0938. The first-order valence-corrected chi connectivity index (χ1v) is 9.79. The molecule has 2 aromatic rings.